The third-order valence-electron chi connectivity index (χ3n) is 3.24. The highest BCUT2D eigenvalue weighted by molar-refractivity contribution is 5.46. The Morgan fingerprint density at radius 1 is 1.28 bits per heavy atom. The fraction of sp³-hybridized carbons (Fsp3) is 0.600. The van der Waals surface area contributed by atoms with Crippen LogP contribution in [0.5, 0.6) is 11.5 Å². The zero-order valence-electron chi connectivity index (χ0n) is 11.2. The summed E-state index contributed by atoms with van der Waals surface area (Å²) >= 11 is 0. The summed E-state index contributed by atoms with van der Waals surface area (Å²) in [5.41, 5.74) is 6.80. The van der Waals surface area contributed by atoms with E-state index < -0.39 is 0 Å². The number of benzene rings is 1. The summed E-state index contributed by atoms with van der Waals surface area (Å²) in [5.74, 6) is 2.63. The standard InChI is InChI=1S/C15H23NO2/c1-2-17-14-5-3-4-13(8-10-16)15(14)18-11-9-12-6-7-12/h3-5,12H,2,6-11,16H2,1H3. The number of rotatable bonds is 8. The van der Waals surface area contributed by atoms with E-state index in [-0.39, 0.29) is 0 Å². The summed E-state index contributed by atoms with van der Waals surface area (Å²) in [6.07, 6.45) is 4.72. The highest BCUT2D eigenvalue weighted by atomic mass is 16.5. The molecule has 100 valence electrons. The lowest BCUT2D eigenvalue weighted by Gasteiger charge is -2.15. The van der Waals surface area contributed by atoms with Crippen LogP contribution in [0.4, 0.5) is 0 Å². The fourth-order valence-corrected chi connectivity index (χ4v) is 2.08. The van der Waals surface area contributed by atoms with E-state index in [9.17, 15) is 0 Å². The zero-order valence-corrected chi connectivity index (χ0v) is 11.2. The second-order valence-electron chi connectivity index (χ2n) is 4.80. The molecular formula is C15H23NO2. The molecule has 0 aliphatic heterocycles. The smallest absolute Gasteiger partial charge is 0.164 e. The van der Waals surface area contributed by atoms with Gasteiger partial charge in [0.05, 0.1) is 13.2 Å². The van der Waals surface area contributed by atoms with Gasteiger partial charge in [-0.3, -0.25) is 0 Å². The van der Waals surface area contributed by atoms with Crippen molar-refractivity contribution in [1.82, 2.24) is 0 Å². The number of hydrogen-bond donors (Lipinski definition) is 1. The molecule has 1 aromatic rings. The molecule has 1 fully saturated rings. The molecule has 1 aliphatic rings. The van der Waals surface area contributed by atoms with Crippen LogP contribution in [-0.2, 0) is 6.42 Å². The van der Waals surface area contributed by atoms with E-state index in [0.717, 1.165) is 42.4 Å². The Kier molecular flexibility index (Phi) is 4.88. The SMILES string of the molecule is CCOc1cccc(CCN)c1OCCC1CC1. The molecule has 0 saturated heterocycles. The quantitative estimate of drug-likeness (QED) is 0.770. The molecule has 0 spiro atoms. The first-order valence-electron chi connectivity index (χ1n) is 6.92. The van der Waals surface area contributed by atoms with E-state index in [1.807, 2.05) is 19.1 Å². The first-order chi connectivity index (χ1) is 8.85. The Hall–Kier alpha value is -1.22. The van der Waals surface area contributed by atoms with Crippen molar-refractivity contribution in [1.29, 1.82) is 0 Å². The maximum atomic E-state index is 5.94. The predicted molar refractivity (Wildman–Crippen MR) is 73.2 cm³/mol. The first-order valence-corrected chi connectivity index (χ1v) is 6.92. The Balaban J connectivity index is 2.04. The highest BCUT2D eigenvalue weighted by Crippen LogP contribution is 2.35. The summed E-state index contributed by atoms with van der Waals surface area (Å²) in [6.45, 7) is 4.07. The summed E-state index contributed by atoms with van der Waals surface area (Å²) in [4.78, 5) is 0. The van der Waals surface area contributed by atoms with Crippen LogP contribution >= 0.6 is 0 Å². The molecule has 0 radical (unpaired) electrons. The normalized spacial score (nSPS) is 14.6. The van der Waals surface area contributed by atoms with E-state index in [1.54, 1.807) is 0 Å². The predicted octanol–water partition coefficient (Wildman–Crippen LogP) is 2.77. The van der Waals surface area contributed by atoms with Crippen LogP contribution in [0.2, 0.25) is 0 Å². The molecule has 0 atom stereocenters. The van der Waals surface area contributed by atoms with Gasteiger partial charge in [0.15, 0.2) is 11.5 Å². The minimum absolute atomic E-state index is 0.633. The zero-order chi connectivity index (χ0) is 12.8. The second kappa shape index (κ2) is 6.64. The Morgan fingerprint density at radius 2 is 2.11 bits per heavy atom. The van der Waals surface area contributed by atoms with Gasteiger partial charge in [0.2, 0.25) is 0 Å². The molecule has 2 N–H and O–H groups in total. The maximum absolute atomic E-state index is 5.94. The third kappa shape index (κ3) is 3.64. The minimum atomic E-state index is 0.633. The van der Waals surface area contributed by atoms with Crippen molar-refractivity contribution < 1.29 is 9.47 Å². The molecule has 1 aliphatic carbocycles. The lowest BCUT2D eigenvalue weighted by atomic mass is 10.1. The largest absolute Gasteiger partial charge is 0.490 e. The van der Waals surface area contributed by atoms with E-state index in [2.05, 4.69) is 6.07 Å². The molecule has 0 bridgehead atoms. The monoisotopic (exact) mass is 249 g/mol. The van der Waals surface area contributed by atoms with Gasteiger partial charge in [0.25, 0.3) is 0 Å². The van der Waals surface area contributed by atoms with Gasteiger partial charge < -0.3 is 15.2 Å². The second-order valence-corrected chi connectivity index (χ2v) is 4.80. The third-order valence-corrected chi connectivity index (χ3v) is 3.24. The molecule has 0 heterocycles. The van der Waals surface area contributed by atoms with Crippen LogP contribution in [0.3, 0.4) is 0 Å². The van der Waals surface area contributed by atoms with E-state index in [1.165, 1.54) is 12.8 Å². The van der Waals surface area contributed by atoms with Crippen molar-refractivity contribution in [2.45, 2.75) is 32.6 Å². The van der Waals surface area contributed by atoms with E-state index in [4.69, 9.17) is 15.2 Å². The van der Waals surface area contributed by atoms with Gasteiger partial charge in [-0.15, -0.1) is 0 Å². The van der Waals surface area contributed by atoms with Crippen molar-refractivity contribution in [2.75, 3.05) is 19.8 Å². The Morgan fingerprint density at radius 3 is 2.78 bits per heavy atom. The average Bonchev–Trinajstić information content (AvgIpc) is 3.17. The van der Waals surface area contributed by atoms with E-state index in [0.29, 0.717) is 13.2 Å². The molecule has 1 saturated carbocycles. The van der Waals surface area contributed by atoms with Crippen LogP contribution in [0, 0.1) is 5.92 Å². The van der Waals surface area contributed by atoms with Gasteiger partial charge in [-0.05, 0) is 43.9 Å². The van der Waals surface area contributed by atoms with Crippen LogP contribution < -0.4 is 15.2 Å². The Bertz CT molecular complexity index is 351. The lowest BCUT2D eigenvalue weighted by molar-refractivity contribution is 0.266. The summed E-state index contributed by atoms with van der Waals surface area (Å²) < 4.78 is 11.6. The van der Waals surface area contributed by atoms with Crippen LogP contribution in [-0.4, -0.2) is 19.8 Å². The molecule has 1 aromatic carbocycles. The minimum Gasteiger partial charge on any atom is -0.490 e. The number of para-hydroxylation sites is 1. The number of nitrogens with two attached hydrogens (primary N) is 1. The summed E-state index contributed by atoms with van der Waals surface area (Å²) in [6, 6.07) is 6.04. The topological polar surface area (TPSA) is 44.5 Å². The van der Waals surface area contributed by atoms with E-state index >= 15 is 0 Å². The summed E-state index contributed by atoms with van der Waals surface area (Å²) in [7, 11) is 0. The molecule has 0 amide bonds. The van der Waals surface area contributed by atoms with Crippen molar-refractivity contribution in [3.05, 3.63) is 23.8 Å². The lowest BCUT2D eigenvalue weighted by Crippen LogP contribution is -2.08. The van der Waals surface area contributed by atoms with Crippen molar-refractivity contribution in [3.8, 4) is 11.5 Å². The van der Waals surface area contributed by atoms with Gasteiger partial charge >= 0.3 is 0 Å². The van der Waals surface area contributed by atoms with Crippen LogP contribution in [0.15, 0.2) is 18.2 Å². The van der Waals surface area contributed by atoms with Gasteiger partial charge in [0.1, 0.15) is 0 Å². The van der Waals surface area contributed by atoms with Crippen molar-refractivity contribution in [3.63, 3.8) is 0 Å². The van der Waals surface area contributed by atoms with Crippen molar-refractivity contribution in [2.24, 2.45) is 11.7 Å². The molecule has 0 unspecified atom stereocenters. The fourth-order valence-electron chi connectivity index (χ4n) is 2.08. The average molecular weight is 249 g/mol. The summed E-state index contributed by atoms with van der Waals surface area (Å²) in [5, 5.41) is 0. The van der Waals surface area contributed by atoms with Gasteiger partial charge in [-0.1, -0.05) is 25.0 Å². The molecule has 18 heavy (non-hydrogen) atoms. The van der Waals surface area contributed by atoms with Gasteiger partial charge in [0, 0.05) is 0 Å². The highest BCUT2D eigenvalue weighted by Gasteiger charge is 2.21. The van der Waals surface area contributed by atoms with Crippen LogP contribution in [0.25, 0.3) is 0 Å². The molecule has 0 aromatic heterocycles. The molecule has 3 nitrogen and oxygen atoms in total. The first kappa shape index (κ1) is 13.2. The number of hydrogen-bond acceptors (Lipinski definition) is 3. The van der Waals surface area contributed by atoms with Gasteiger partial charge in [-0.25, -0.2) is 0 Å². The van der Waals surface area contributed by atoms with Crippen molar-refractivity contribution >= 4 is 0 Å². The van der Waals surface area contributed by atoms with Crippen LogP contribution in [0.1, 0.15) is 31.7 Å². The van der Waals surface area contributed by atoms with Gasteiger partial charge in [-0.2, -0.15) is 0 Å². The molecule has 2 rings (SSSR count). The maximum Gasteiger partial charge on any atom is 0.164 e. The Labute approximate surface area is 109 Å². The molecular weight excluding hydrogens is 226 g/mol. The number of ether oxygens (including phenoxy) is 2. The molecule has 3 heteroatoms.